The summed E-state index contributed by atoms with van der Waals surface area (Å²) in [5.41, 5.74) is 8.52. The third-order valence-electron chi connectivity index (χ3n) is 9.06. The first kappa shape index (κ1) is 56.5. The van der Waals surface area contributed by atoms with E-state index in [1.165, 1.54) is 34.2 Å². The average Bonchev–Trinajstić information content (AvgIpc) is 3.25. The number of hydrogen-bond donors (Lipinski definition) is 0. The lowest BCUT2D eigenvalue weighted by molar-refractivity contribution is 0.423. The normalized spacial score (nSPS) is 10.6. The summed E-state index contributed by atoms with van der Waals surface area (Å²) in [6, 6.07) is 39.9. The maximum absolute atomic E-state index is 6.18. The van der Waals surface area contributed by atoms with E-state index in [1.54, 1.807) is 13.0 Å². The summed E-state index contributed by atoms with van der Waals surface area (Å²) in [7, 11) is 2.09. The summed E-state index contributed by atoms with van der Waals surface area (Å²) in [5.74, 6) is 4.93. The number of nitrogens with zero attached hydrogens (tertiary/aromatic N) is 2. The van der Waals surface area contributed by atoms with Crippen molar-refractivity contribution in [2.75, 3.05) is 30.1 Å². The Balaban J connectivity index is 0. The Hall–Kier alpha value is -4.62. The van der Waals surface area contributed by atoms with Crippen molar-refractivity contribution >= 4 is 29.1 Å². The van der Waals surface area contributed by atoms with Crippen LogP contribution < -0.4 is 4.90 Å². The number of para-hydroxylation sites is 1. The molecule has 4 aromatic rings. The molecule has 0 spiro atoms. The zero-order valence-electron chi connectivity index (χ0n) is 37.2. The fourth-order valence-corrected chi connectivity index (χ4v) is 7.66. The number of terminal acetylenes is 1. The van der Waals surface area contributed by atoms with Crippen molar-refractivity contribution < 1.29 is 0 Å². The van der Waals surface area contributed by atoms with E-state index in [0.29, 0.717) is 11.1 Å². The highest BCUT2D eigenvalue weighted by molar-refractivity contribution is 7.99. The van der Waals surface area contributed by atoms with E-state index in [2.05, 4.69) is 218 Å². The topological polar surface area (TPSA) is 6.48 Å². The van der Waals surface area contributed by atoms with Crippen LogP contribution in [0.2, 0.25) is 0 Å². The Bertz CT molecular complexity index is 1690. The van der Waals surface area contributed by atoms with Gasteiger partial charge in [0, 0.05) is 42.0 Å². The van der Waals surface area contributed by atoms with E-state index >= 15 is 0 Å². The maximum atomic E-state index is 6.18. The first-order chi connectivity index (χ1) is 28.0. The second-order valence-electron chi connectivity index (χ2n) is 13.9. The first-order valence-corrected chi connectivity index (χ1v) is 22.0. The van der Waals surface area contributed by atoms with Crippen LogP contribution in [0.4, 0.5) is 5.69 Å². The summed E-state index contributed by atoms with van der Waals surface area (Å²) < 4.78 is 0. The van der Waals surface area contributed by atoms with E-state index in [9.17, 15) is 0 Å². The minimum atomic E-state index is -0.274. The molecule has 2 nitrogen and oxygen atoms in total. The molecular weight excluding hydrogens is 756 g/mol. The molecule has 4 rings (SSSR count). The highest BCUT2D eigenvalue weighted by Gasteiger charge is 2.36. The molecule has 0 aliphatic rings. The monoisotopic (exact) mass is 833 g/mol. The van der Waals surface area contributed by atoms with Crippen molar-refractivity contribution in [2.24, 2.45) is 0 Å². The summed E-state index contributed by atoms with van der Waals surface area (Å²) in [4.78, 5) is 4.46. The fourth-order valence-electron chi connectivity index (χ4n) is 6.17. The molecule has 4 heteroatoms. The molecule has 0 saturated carbocycles. The van der Waals surface area contributed by atoms with Crippen LogP contribution in [0, 0.1) is 26.2 Å². The van der Waals surface area contributed by atoms with E-state index in [1.807, 2.05) is 19.1 Å². The standard InChI is InChI=1S/C43H51ClN2S.C3H8.C3H6.C3H4.C2H4.CH4/c1-7-34(2)33-46(37(5)45(6)41-17-12-9-13-18-41)31-28-42(47-32-14-30-44)27-29-43(38-15-10-8-11-16-38,39-23-19-35(3)20-24-39)40-25-21-36(4)22-26-40;3*1-3-2;1-2;/h7-13,15-26,33,42H,1,5,14,27-32H2,2-4,6H3;3H2,1-2H3;3H,1H2,2H3;1H,2H3;1-2H2;1H4/b34-33-;;;;;. The van der Waals surface area contributed by atoms with Crippen molar-refractivity contribution in [1.29, 1.82) is 0 Å². The second kappa shape index (κ2) is 34.3. The van der Waals surface area contributed by atoms with Crippen LogP contribution in [0.1, 0.15) is 102 Å². The van der Waals surface area contributed by atoms with Crippen molar-refractivity contribution in [1.82, 2.24) is 4.90 Å². The quantitative estimate of drug-likeness (QED) is 0.0246. The van der Waals surface area contributed by atoms with Gasteiger partial charge < -0.3 is 9.80 Å². The van der Waals surface area contributed by atoms with Crippen LogP contribution in [0.3, 0.4) is 0 Å². The van der Waals surface area contributed by atoms with Gasteiger partial charge >= 0.3 is 0 Å². The molecule has 4 aromatic carbocycles. The molecule has 0 fully saturated rings. The number of aryl methyl sites for hydroxylation is 2. The zero-order valence-corrected chi connectivity index (χ0v) is 38.7. The number of halogens is 1. The zero-order chi connectivity index (χ0) is 43.8. The Morgan fingerprint density at radius 2 is 1.25 bits per heavy atom. The van der Waals surface area contributed by atoms with Gasteiger partial charge in [-0.25, -0.2) is 0 Å². The SMILES string of the molecule is C.C#CC.C=C.C=C/C(C)=C\N(CCC(CCC(c1ccccc1)(c1ccc(C)cc1)c1ccc(C)cc1)SCCCCl)C(=C)N(C)c1ccccc1.C=CC.CCC. The highest BCUT2D eigenvalue weighted by Crippen LogP contribution is 2.44. The summed E-state index contributed by atoms with van der Waals surface area (Å²) >= 11 is 8.24. The molecule has 0 bridgehead atoms. The lowest BCUT2D eigenvalue weighted by atomic mass is 9.66. The molecule has 0 heterocycles. The summed E-state index contributed by atoms with van der Waals surface area (Å²) in [6.45, 7) is 33.0. The Kier molecular flexibility index (Phi) is 32.8. The molecule has 0 saturated heterocycles. The van der Waals surface area contributed by atoms with Gasteiger partial charge in [0.2, 0.25) is 0 Å². The third-order valence-corrected chi connectivity index (χ3v) is 10.8. The van der Waals surface area contributed by atoms with Gasteiger partial charge in [-0.15, -0.1) is 43.7 Å². The highest BCUT2D eigenvalue weighted by atomic mass is 35.5. The van der Waals surface area contributed by atoms with Crippen LogP contribution in [0.5, 0.6) is 0 Å². The number of hydrogen-bond acceptors (Lipinski definition) is 3. The van der Waals surface area contributed by atoms with Crippen LogP contribution in [-0.2, 0) is 5.41 Å². The molecular formula is C55H77ClN2S. The van der Waals surface area contributed by atoms with Gasteiger partial charge in [0.05, 0.1) is 0 Å². The molecule has 1 atom stereocenters. The molecule has 0 amide bonds. The molecule has 1 unspecified atom stereocenters. The number of alkyl halides is 1. The first-order valence-electron chi connectivity index (χ1n) is 20.4. The van der Waals surface area contributed by atoms with Gasteiger partial charge in [0.1, 0.15) is 5.82 Å². The number of thioether (sulfide) groups is 1. The fraction of sp³-hybridized carbons (Fsp3) is 0.345. The molecule has 0 N–H and O–H groups in total. The maximum Gasteiger partial charge on any atom is 0.105 e. The molecule has 0 aliphatic heterocycles. The third kappa shape index (κ3) is 20.3. The second-order valence-corrected chi connectivity index (χ2v) is 15.6. The van der Waals surface area contributed by atoms with Crippen molar-refractivity contribution in [2.45, 2.75) is 98.7 Å². The van der Waals surface area contributed by atoms with Gasteiger partial charge in [0.15, 0.2) is 0 Å². The lowest BCUT2D eigenvalue weighted by Gasteiger charge is -2.38. The lowest BCUT2D eigenvalue weighted by Crippen LogP contribution is -2.33. The minimum Gasteiger partial charge on any atom is -0.335 e. The van der Waals surface area contributed by atoms with E-state index < -0.39 is 0 Å². The van der Waals surface area contributed by atoms with Crippen LogP contribution in [0.15, 0.2) is 172 Å². The van der Waals surface area contributed by atoms with E-state index in [0.717, 1.165) is 55.1 Å². The number of benzene rings is 4. The summed E-state index contributed by atoms with van der Waals surface area (Å²) in [6.07, 6.45) is 15.8. The van der Waals surface area contributed by atoms with Crippen LogP contribution in [0.25, 0.3) is 0 Å². The van der Waals surface area contributed by atoms with Crippen molar-refractivity contribution in [3.05, 3.63) is 200 Å². The van der Waals surface area contributed by atoms with Gasteiger partial charge in [0.25, 0.3) is 0 Å². The molecule has 320 valence electrons. The van der Waals surface area contributed by atoms with Crippen molar-refractivity contribution in [3.8, 4) is 12.3 Å². The molecule has 0 aromatic heterocycles. The smallest absolute Gasteiger partial charge is 0.105 e. The van der Waals surface area contributed by atoms with Gasteiger partial charge in [-0.05, 0) is 100 Å². The van der Waals surface area contributed by atoms with Crippen molar-refractivity contribution in [3.63, 3.8) is 0 Å². The predicted octanol–water partition coefficient (Wildman–Crippen LogP) is 16.2. The largest absolute Gasteiger partial charge is 0.335 e. The molecule has 0 radical (unpaired) electrons. The van der Waals surface area contributed by atoms with Crippen LogP contribution >= 0.6 is 23.4 Å². The predicted molar refractivity (Wildman–Crippen MR) is 273 cm³/mol. The summed E-state index contributed by atoms with van der Waals surface area (Å²) in [5, 5.41) is 0.437. The van der Waals surface area contributed by atoms with E-state index in [-0.39, 0.29) is 12.8 Å². The molecule has 0 aliphatic carbocycles. The van der Waals surface area contributed by atoms with Crippen LogP contribution in [-0.4, -0.2) is 35.4 Å². The Morgan fingerprint density at radius 1 is 0.831 bits per heavy atom. The number of anilines is 1. The van der Waals surface area contributed by atoms with Gasteiger partial charge in [-0.3, -0.25) is 0 Å². The number of rotatable bonds is 18. The Morgan fingerprint density at radius 3 is 1.68 bits per heavy atom. The van der Waals surface area contributed by atoms with Gasteiger partial charge in [-0.1, -0.05) is 161 Å². The average molecular weight is 834 g/mol. The minimum absolute atomic E-state index is 0. The van der Waals surface area contributed by atoms with E-state index in [4.69, 9.17) is 11.6 Å². The number of allylic oxidation sites excluding steroid dienone is 3. The Labute approximate surface area is 372 Å². The molecule has 59 heavy (non-hydrogen) atoms. The van der Waals surface area contributed by atoms with Gasteiger partial charge in [-0.2, -0.15) is 11.8 Å².